The molecule has 1 aromatic carbocycles. The lowest BCUT2D eigenvalue weighted by Gasteiger charge is -2.37. The third-order valence-electron chi connectivity index (χ3n) is 4.58. The maximum absolute atomic E-state index is 13.1. The minimum Gasteiger partial charge on any atom is -0.312 e. The van der Waals surface area contributed by atoms with Crippen molar-refractivity contribution in [2.75, 3.05) is 19.6 Å². The van der Waals surface area contributed by atoms with E-state index in [0.717, 1.165) is 43.5 Å². The number of hydrogen-bond acceptors (Lipinski definition) is 3. The van der Waals surface area contributed by atoms with E-state index in [-0.39, 0.29) is 5.41 Å². The number of fused-ring (bicyclic) bond motifs is 1. The summed E-state index contributed by atoms with van der Waals surface area (Å²) >= 11 is 0. The predicted octanol–water partition coefficient (Wildman–Crippen LogP) is 2.14. The molecule has 0 spiro atoms. The number of nitrogens with zero attached hydrogens (tertiary/aromatic N) is 1. The Balaban J connectivity index is 1.99. The second-order valence-corrected chi connectivity index (χ2v) is 8.83. The molecule has 2 heterocycles. The van der Waals surface area contributed by atoms with Crippen LogP contribution >= 0.6 is 0 Å². The second kappa shape index (κ2) is 5.38. The van der Waals surface area contributed by atoms with E-state index >= 15 is 0 Å². The van der Waals surface area contributed by atoms with Crippen molar-refractivity contribution in [3.63, 3.8) is 0 Å². The summed E-state index contributed by atoms with van der Waals surface area (Å²) in [6.45, 7) is 7.19. The lowest BCUT2D eigenvalue weighted by molar-refractivity contribution is 0.187. The molecule has 0 atom stereocenters. The van der Waals surface area contributed by atoms with E-state index in [1.807, 2.05) is 12.1 Å². The summed E-state index contributed by atoms with van der Waals surface area (Å²) in [5.74, 6) is 0. The highest BCUT2D eigenvalue weighted by Gasteiger charge is 2.35. The number of nitrogens with one attached hydrogen (secondary N) is 1. The Morgan fingerprint density at radius 1 is 1.29 bits per heavy atom. The highest BCUT2D eigenvalue weighted by atomic mass is 32.2. The maximum Gasteiger partial charge on any atom is 0.243 e. The van der Waals surface area contributed by atoms with Crippen molar-refractivity contribution >= 4 is 10.0 Å². The van der Waals surface area contributed by atoms with Gasteiger partial charge in [-0.2, -0.15) is 4.31 Å². The van der Waals surface area contributed by atoms with Crippen LogP contribution in [0.4, 0.5) is 0 Å². The molecule has 0 unspecified atom stereocenters. The summed E-state index contributed by atoms with van der Waals surface area (Å²) in [5.41, 5.74) is 2.21. The van der Waals surface area contributed by atoms with Crippen LogP contribution < -0.4 is 5.32 Å². The van der Waals surface area contributed by atoms with Crippen LogP contribution in [-0.4, -0.2) is 32.4 Å². The van der Waals surface area contributed by atoms with Gasteiger partial charge in [-0.3, -0.25) is 0 Å². The molecule has 0 amide bonds. The van der Waals surface area contributed by atoms with Gasteiger partial charge in [0.2, 0.25) is 10.0 Å². The monoisotopic (exact) mass is 308 g/mol. The topological polar surface area (TPSA) is 49.4 Å². The van der Waals surface area contributed by atoms with Gasteiger partial charge in [0.15, 0.2) is 0 Å². The number of hydrogen-bond donors (Lipinski definition) is 1. The Bertz CT molecular complexity index is 638. The van der Waals surface area contributed by atoms with Gasteiger partial charge in [0.1, 0.15) is 0 Å². The first kappa shape index (κ1) is 15.0. The van der Waals surface area contributed by atoms with Gasteiger partial charge in [0.05, 0.1) is 4.90 Å². The van der Waals surface area contributed by atoms with Crippen LogP contribution in [0, 0.1) is 5.41 Å². The van der Waals surface area contributed by atoms with Crippen LogP contribution in [0.3, 0.4) is 0 Å². The fraction of sp³-hybridized carbons (Fsp3) is 0.625. The van der Waals surface area contributed by atoms with E-state index in [0.29, 0.717) is 18.0 Å². The van der Waals surface area contributed by atoms with Crippen LogP contribution in [0.25, 0.3) is 0 Å². The summed E-state index contributed by atoms with van der Waals surface area (Å²) in [7, 11) is -3.37. The van der Waals surface area contributed by atoms with Crippen LogP contribution in [0.1, 0.15) is 37.8 Å². The molecule has 3 rings (SSSR count). The molecule has 1 N–H and O–H groups in total. The Hall–Kier alpha value is -0.910. The minimum atomic E-state index is -3.37. The first-order chi connectivity index (χ1) is 9.90. The lowest BCUT2D eigenvalue weighted by atomic mass is 9.85. The molecule has 1 saturated heterocycles. The van der Waals surface area contributed by atoms with Gasteiger partial charge in [-0.15, -0.1) is 0 Å². The second-order valence-electron chi connectivity index (χ2n) is 6.93. The molecule has 21 heavy (non-hydrogen) atoms. The third kappa shape index (κ3) is 2.87. The average Bonchev–Trinajstić information content (AvgIpc) is 2.45. The standard InChI is InChI=1S/C16H24N2O2S/c1-16(2)8-4-10-18(12-16)21(19,20)15-6-3-5-13-11-17-9-7-14(13)15/h3,5-6,17H,4,7-12H2,1-2H3. The molecule has 2 aliphatic heterocycles. The molecule has 0 saturated carbocycles. The van der Waals surface area contributed by atoms with Gasteiger partial charge >= 0.3 is 0 Å². The molecule has 0 radical (unpaired) electrons. The highest BCUT2D eigenvalue weighted by Crippen LogP contribution is 2.33. The summed E-state index contributed by atoms with van der Waals surface area (Å²) < 4.78 is 27.8. The van der Waals surface area contributed by atoms with Crippen molar-refractivity contribution in [2.24, 2.45) is 5.41 Å². The molecule has 116 valence electrons. The van der Waals surface area contributed by atoms with Crippen LogP contribution in [-0.2, 0) is 23.0 Å². The maximum atomic E-state index is 13.1. The predicted molar refractivity (Wildman–Crippen MR) is 83.6 cm³/mol. The van der Waals surface area contributed by atoms with Crippen molar-refractivity contribution in [1.82, 2.24) is 9.62 Å². The molecule has 2 aliphatic rings. The summed E-state index contributed by atoms with van der Waals surface area (Å²) in [6.07, 6.45) is 2.83. The molecule has 0 aromatic heterocycles. The molecule has 0 bridgehead atoms. The van der Waals surface area contributed by atoms with Crippen molar-refractivity contribution in [1.29, 1.82) is 0 Å². The quantitative estimate of drug-likeness (QED) is 0.910. The highest BCUT2D eigenvalue weighted by molar-refractivity contribution is 7.89. The van der Waals surface area contributed by atoms with Crippen molar-refractivity contribution in [3.8, 4) is 0 Å². The number of benzene rings is 1. The Morgan fingerprint density at radius 2 is 2.10 bits per heavy atom. The Morgan fingerprint density at radius 3 is 2.86 bits per heavy atom. The third-order valence-corrected chi connectivity index (χ3v) is 6.51. The van der Waals surface area contributed by atoms with Crippen LogP contribution in [0.5, 0.6) is 0 Å². The molecular formula is C16H24N2O2S. The zero-order chi connectivity index (χ0) is 15.1. The van der Waals surface area contributed by atoms with E-state index in [2.05, 4.69) is 19.2 Å². The van der Waals surface area contributed by atoms with E-state index in [1.54, 1.807) is 10.4 Å². The van der Waals surface area contributed by atoms with Crippen LogP contribution in [0.2, 0.25) is 0 Å². The number of sulfonamides is 1. The van der Waals surface area contributed by atoms with E-state index < -0.39 is 10.0 Å². The fourth-order valence-corrected chi connectivity index (χ4v) is 5.41. The summed E-state index contributed by atoms with van der Waals surface area (Å²) in [4.78, 5) is 0.527. The van der Waals surface area contributed by atoms with Crippen LogP contribution in [0.15, 0.2) is 23.1 Å². The number of piperidine rings is 1. The van der Waals surface area contributed by atoms with Gasteiger partial charge in [0, 0.05) is 19.6 Å². The van der Waals surface area contributed by atoms with Gasteiger partial charge < -0.3 is 5.32 Å². The van der Waals surface area contributed by atoms with Gasteiger partial charge in [0.25, 0.3) is 0 Å². The molecule has 5 heteroatoms. The van der Waals surface area contributed by atoms with Gasteiger partial charge in [-0.05, 0) is 48.4 Å². The smallest absolute Gasteiger partial charge is 0.243 e. The molecule has 4 nitrogen and oxygen atoms in total. The molecule has 1 fully saturated rings. The van der Waals surface area contributed by atoms with E-state index in [1.165, 1.54) is 0 Å². The van der Waals surface area contributed by atoms with E-state index in [9.17, 15) is 8.42 Å². The molecule has 0 aliphatic carbocycles. The average molecular weight is 308 g/mol. The molecule has 1 aromatic rings. The summed E-state index contributed by atoms with van der Waals surface area (Å²) in [5, 5.41) is 3.30. The largest absolute Gasteiger partial charge is 0.312 e. The van der Waals surface area contributed by atoms with Gasteiger partial charge in [-0.1, -0.05) is 26.0 Å². The fourth-order valence-electron chi connectivity index (χ4n) is 3.45. The Labute approximate surface area is 127 Å². The zero-order valence-corrected chi connectivity index (χ0v) is 13.7. The normalized spacial score (nSPS) is 22.8. The van der Waals surface area contributed by atoms with Crippen molar-refractivity contribution in [3.05, 3.63) is 29.3 Å². The van der Waals surface area contributed by atoms with Gasteiger partial charge in [-0.25, -0.2) is 8.42 Å². The van der Waals surface area contributed by atoms with E-state index in [4.69, 9.17) is 0 Å². The van der Waals surface area contributed by atoms with Crippen molar-refractivity contribution in [2.45, 2.75) is 44.6 Å². The van der Waals surface area contributed by atoms with Crippen molar-refractivity contribution < 1.29 is 8.42 Å². The lowest BCUT2D eigenvalue weighted by Crippen LogP contribution is -2.44. The minimum absolute atomic E-state index is 0.0711. The number of rotatable bonds is 2. The Kier molecular flexibility index (Phi) is 3.84. The SMILES string of the molecule is CC1(C)CCCN(S(=O)(=O)c2cccc3c2CCNC3)C1. The first-order valence-electron chi connectivity index (χ1n) is 7.72. The zero-order valence-electron chi connectivity index (χ0n) is 12.9. The summed E-state index contributed by atoms with van der Waals surface area (Å²) in [6, 6.07) is 5.68. The molecular weight excluding hydrogens is 284 g/mol. The first-order valence-corrected chi connectivity index (χ1v) is 9.16.